The number of aromatic nitrogens is 2. The molecule has 2 aromatic carbocycles. The molecule has 3 aromatic rings. The van der Waals surface area contributed by atoms with Gasteiger partial charge in [-0.05, 0) is 35.9 Å². The minimum absolute atomic E-state index is 0.523. The molecule has 100 valence electrons. The first-order valence-corrected chi connectivity index (χ1v) is 7.20. The van der Waals surface area contributed by atoms with Crippen LogP contribution in [0.1, 0.15) is 11.5 Å². The van der Waals surface area contributed by atoms with E-state index < -0.39 is 0 Å². The summed E-state index contributed by atoms with van der Waals surface area (Å²) in [5, 5.41) is 8.87. The van der Waals surface area contributed by atoms with Crippen molar-refractivity contribution in [1.82, 2.24) is 10.2 Å². The Kier molecular flexibility index (Phi) is 3.85. The third-order valence-corrected chi connectivity index (χ3v) is 3.55. The van der Waals surface area contributed by atoms with Crippen LogP contribution in [0, 0.1) is 0 Å². The van der Waals surface area contributed by atoms with E-state index in [-0.39, 0.29) is 0 Å². The fraction of sp³-hybridized carbons (Fsp3) is 0.0667. The van der Waals surface area contributed by atoms with E-state index in [1.807, 2.05) is 48.5 Å². The molecular formula is C15H10BrClN2O. The van der Waals surface area contributed by atoms with Gasteiger partial charge in [-0.15, -0.1) is 10.2 Å². The summed E-state index contributed by atoms with van der Waals surface area (Å²) < 4.78 is 6.66. The predicted octanol–water partition coefficient (Wildman–Crippen LogP) is 4.74. The summed E-state index contributed by atoms with van der Waals surface area (Å²) in [6, 6.07) is 15.4. The van der Waals surface area contributed by atoms with Gasteiger partial charge in [0.1, 0.15) is 0 Å². The largest absolute Gasteiger partial charge is 0.420 e. The molecule has 0 amide bonds. The number of hydrogen-bond acceptors (Lipinski definition) is 3. The zero-order chi connectivity index (χ0) is 13.9. The zero-order valence-electron chi connectivity index (χ0n) is 10.4. The topological polar surface area (TPSA) is 38.9 Å². The first-order chi connectivity index (χ1) is 9.70. The fourth-order valence-corrected chi connectivity index (χ4v) is 2.37. The third-order valence-electron chi connectivity index (χ3n) is 2.81. The second kappa shape index (κ2) is 5.77. The Morgan fingerprint density at radius 1 is 1.05 bits per heavy atom. The molecule has 0 unspecified atom stereocenters. The van der Waals surface area contributed by atoms with Gasteiger partial charge in [0, 0.05) is 15.1 Å². The van der Waals surface area contributed by atoms with Crippen molar-refractivity contribution in [3.05, 3.63) is 69.5 Å². The Labute approximate surface area is 129 Å². The molecule has 1 heterocycles. The highest BCUT2D eigenvalue weighted by atomic mass is 79.9. The molecule has 0 bridgehead atoms. The van der Waals surface area contributed by atoms with Crippen molar-refractivity contribution in [2.24, 2.45) is 0 Å². The first kappa shape index (κ1) is 13.3. The summed E-state index contributed by atoms with van der Waals surface area (Å²) in [5.74, 6) is 1.11. The number of rotatable bonds is 3. The molecule has 0 spiro atoms. The summed E-state index contributed by atoms with van der Waals surface area (Å²) in [4.78, 5) is 0. The molecule has 0 aliphatic heterocycles. The molecule has 0 aliphatic carbocycles. The summed E-state index contributed by atoms with van der Waals surface area (Å²) in [6.07, 6.45) is 0.595. The number of halogens is 2. The van der Waals surface area contributed by atoms with Crippen LogP contribution in [-0.4, -0.2) is 10.2 Å². The average Bonchev–Trinajstić information content (AvgIpc) is 2.90. The number of nitrogens with zero attached hydrogens (tertiary/aromatic N) is 2. The summed E-state index contributed by atoms with van der Waals surface area (Å²) in [6.45, 7) is 0. The van der Waals surface area contributed by atoms with Gasteiger partial charge in [-0.2, -0.15) is 0 Å². The lowest BCUT2D eigenvalue weighted by Crippen LogP contribution is -1.87. The van der Waals surface area contributed by atoms with E-state index in [2.05, 4.69) is 26.1 Å². The lowest BCUT2D eigenvalue weighted by molar-refractivity contribution is 0.518. The van der Waals surface area contributed by atoms with E-state index in [4.69, 9.17) is 16.0 Å². The van der Waals surface area contributed by atoms with Crippen LogP contribution in [0.2, 0.25) is 5.02 Å². The molecule has 20 heavy (non-hydrogen) atoms. The molecule has 3 rings (SSSR count). The van der Waals surface area contributed by atoms with Crippen LogP contribution in [0.4, 0.5) is 0 Å². The third kappa shape index (κ3) is 3.08. The van der Waals surface area contributed by atoms with Gasteiger partial charge in [0.2, 0.25) is 11.8 Å². The van der Waals surface area contributed by atoms with Crippen LogP contribution < -0.4 is 0 Å². The second-order valence-electron chi connectivity index (χ2n) is 4.31. The van der Waals surface area contributed by atoms with Crippen molar-refractivity contribution < 1.29 is 4.42 Å². The van der Waals surface area contributed by atoms with Crippen molar-refractivity contribution in [2.75, 3.05) is 0 Å². The molecular weight excluding hydrogens is 340 g/mol. The molecule has 0 aliphatic rings. The van der Waals surface area contributed by atoms with Crippen LogP contribution in [0.25, 0.3) is 11.5 Å². The maximum Gasteiger partial charge on any atom is 0.247 e. The van der Waals surface area contributed by atoms with Crippen LogP contribution >= 0.6 is 27.5 Å². The van der Waals surface area contributed by atoms with E-state index in [9.17, 15) is 0 Å². The van der Waals surface area contributed by atoms with Crippen LogP contribution in [0.15, 0.2) is 57.4 Å². The summed E-state index contributed by atoms with van der Waals surface area (Å²) >= 11 is 9.28. The highest BCUT2D eigenvalue weighted by Crippen LogP contribution is 2.22. The van der Waals surface area contributed by atoms with E-state index >= 15 is 0 Å². The minimum Gasteiger partial charge on any atom is -0.420 e. The maximum absolute atomic E-state index is 5.86. The number of hydrogen-bond donors (Lipinski definition) is 0. The van der Waals surface area contributed by atoms with Crippen LogP contribution in [-0.2, 0) is 6.42 Å². The van der Waals surface area contributed by atoms with Crippen molar-refractivity contribution in [3.63, 3.8) is 0 Å². The van der Waals surface area contributed by atoms with E-state index in [1.54, 1.807) is 0 Å². The van der Waals surface area contributed by atoms with Gasteiger partial charge in [0.25, 0.3) is 0 Å². The highest BCUT2D eigenvalue weighted by molar-refractivity contribution is 9.10. The smallest absolute Gasteiger partial charge is 0.247 e. The molecule has 0 saturated heterocycles. The molecule has 3 nitrogen and oxygen atoms in total. The Morgan fingerprint density at radius 2 is 1.85 bits per heavy atom. The average molecular weight is 350 g/mol. The Morgan fingerprint density at radius 3 is 2.60 bits per heavy atom. The standard InChI is InChI=1S/C15H10BrClN2O/c16-12-3-1-2-11(9-12)15-19-18-14(20-15)8-10-4-6-13(17)7-5-10/h1-7,9H,8H2. The summed E-state index contributed by atoms with van der Waals surface area (Å²) in [5.41, 5.74) is 1.98. The van der Waals surface area contributed by atoms with Gasteiger partial charge in [0.05, 0.1) is 6.42 Å². The van der Waals surface area contributed by atoms with Crippen molar-refractivity contribution >= 4 is 27.5 Å². The maximum atomic E-state index is 5.86. The molecule has 5 heteroatoms. The van der Waals surface area contributed by atoms with Crippen LogP contribution in [0.3, 0.4) is 0 Å². The molecule has 1 aromatic heterocycles. The molecule has 0 atom stereocenters. The van der Waals surface area contributed by atoms with Gasteiger partial charge in [-0.3, -0.25) is 0 Å². The molecule has 0 N–H and O–H groups in total. The summed E-state index contributed by atoms with van der Waals surface area (Å²) in [7, 11) is 0. The van der Waals surface area contributed by atoms with E-state index in [0.29, 0.717) is 23.2 Å². The van der Waals surface area contributed by atoms with Crippen molar-refractivity contribution in [2.45, 2.75) is 6.42 Å². The lowest BCUT2D eigenvalue weighted by atomic mass is 10.1. The number of benzene rings is 2. The minimum atomic E-state index is 0.523. The van der Waals surface area contributed by atoms with Crippen molar-refractivity contribution in [1.29, 1.82) is 0 Å². The van der Waals surface area contributed by atoms with Gasteiger partial charge in [-0.25, -0.2) is 0 Å². The van der Waals surface area contributed by atoms with E-state index in [1.165, 1.54) is 0 Å². The normalized spacial score (nSPS) is 10.7. The van der Waals surface area contributed by atoms with Gasteiger partial charge in [-0.1, -0.05) is 45.7 Å². The van der Waals surface area contributed by atoms with Crippen LogP contribution in [0.5, 0.6) is 0 Å². The second-order valence-corrected chi connectivity index (χ2v) is 5.67. The predicted molar refractivity (Wildman–Crippen MR) is 81.7 cm³/mol. The SMILES string of the molecule is Clc1ccc(Cc2nnc(-c3cccc(Br)c3)o2)cc1. The molecule has 0 radical (unpaired) electrons. The first-order valence-electron chi connectivity index (χ1n) is 6.03. The monoisotopic (exact) mass is 348 g/mol. The zero-order valence-corrected chi connectivity index (χ0v) is 12.7. The molecule has 0 saturated carbocycles. The Balaban J connectivity index is 1.82. The molecule has 0 fully saturated rings. The highest BCUT2D eigenvalue weighted by Gasteiger charge is 2.09. The van der Waals surface area contributed by atoms with Crippen molar-refractivity contribution in [3.8, 4) is 11.5 Å². The van der Waals surface area contributed by atoms with Gasteiger partial charge in [0.15, 0.2) is 0 Å². The fourth-order valence-electron chi connectivity index (χ4n) is 1.84. The van der Waals surface area contributed by atoms with E-state index in [0.717, 1.165) is 15.6 Å². The van der Waals surface area contributed by atoms with Gasteiger partial charge >= 0.3 is 0 Å². The van der Waals surface area contributed by atoms with Gasteiger partial charge < -0.3 is 4.42 Å². The lowest BCUT2D eigenvalue weighted by Gasteiger charge is -1.97. The Hall–Kier alpha value is -1.65. The Bertz CT molecular complexity index is 725. The quantitative estimate of drug-likeness (QED) is 0.685.